The molecule has 0 unspecified atom stereocenters. The third-order valence-electron chi connectivity index (χ3n) is 8.50. The fourth-order valence-corrected chi connectivity index (χ4v) is 8.14. The number of hydrogen-bond acceptors (Lipinski definition) is 6. The molecule has 4 aromatic heterocycles. The first-order chi connectivity index (χ1) is 22.7. The highest BCUT2D eigenvalue weighted by Crippen LogP contribution is 2.39. The Balaban J connectivity index is 0.995. The third kappa shape index (κ3) is 4.26. The molecule has 216 valence electrons. The zero-order valence-corrected chi connectivity index (χ0v) is 25.9. The monoisotopic (exact) mass is 626 g/mol. The highest BCUT2D eigenvalue weighted by Gasteiger charge is 2.14. The van der Waals surface area contributed by atoms with Gasteiger partial charge in [0.25, 0.3) is 0 Å². The SMILES string of the molecule is c1ccc(-c2cc3ccc(-c4nc5cc6cc7sc(-c8ccc9cc(-c%10ccccc%10)oc9c8)nc7cc6cc5s4)cc3o2)cc1. The van der Waals surface area contributed by atoms with Crippen LogP contribution in [0.25, 0.3) is 96.9 Å². The molecule has 0 amide bonds. The molecule has 4 heterocycles. The predicted molar refractivity (Wildman–Crippen MR) is 192 cm³/mol. The smallest absolute Gasteiger partial charge is 0.135 e. The summed E-state index contributed by atoms with van der Waals surface area (Å²) in [6, 6.07) is 46.2. The summed E-state index contributed by atoms with van der Waals surface area (Å²) in [5.41, 5.74) is 7.99. The van der Waals surface area contributed by atoms with Crippen LogP contribution in [0.3, 0.4) is 0 Å². The fourth-order valence-electron chi connectivity index (χ4n) is 6.16. The molecule has 0 atom stereocenters. The number of nitrogens with zero attached hydrogens (tertiary/aromatic N) is 2. The molecular formula is C40H22N2O2S2. The van der Waals surface area contributed by atoms with E-state index in [4.69, 9.17) is 18.8 Å². The van der Waals surface area contributed by atoms with Crippen molar-refractivity contribution < 1.29 is 8.83 Å². The van der Waals surface area contributed by atoms with E-state index in [1.165, 1.54) is 0 Å². The van der Waals surface area contributed by atoms with Gasteiger partial charge in [0.1, 0.15) is 32.7 Å². The molecular weight excluding hydrogens is 605 g/mol. The van der Waals surface area contributed by atoms with Crippen LogP contribution in [-0.2, 0) is 0 Å². The highest BCUT2D eigenvalue weighted by molar-refractivity contribution is 7.22. The Hall–Kier alpha value is -5.56. The second-order valence-corrected chi connectivity index (χ2v) is 13.5. The van der Waals surface area contributed by atoms with Crippen molar-refractivity contribution >= 4 is 75.8 Å². The van der Waals surface area contributed by atoms with E-state index >= 15 is 0 Å². The molecule has 6 heteroatoms. The van der Waals surface area contributed by atoms with Crippen molar-refractivity contribution in [2.75, 3.05) is 0 Å². The number of hydrogen-bond donors (Lipinski definition) is 0. The number of fused-ring (bicyclic) bond motifs is 5. The first-order valence-electron chi connectivity index (χ1n) is 15.0. The Kier molecular flexibility index (Phi) is 5.58. The van der Waals surface area contributed by atoms with Crippen molar-refractivity contribution in [2.24, 2.45) is 0 Å². The van der Waals surface area contributed by atoms with Gasteiger partial charge in [0.15, 0.2) is 0 Å². The van der Waals surface area contributed by atoms with Crippen molar-refractivity contribution in [3.63, 3.8) is 0 Å². The summed E-state index contributed by atoms with van der Waals surface area (Å²) in [7, 11) is 0. The molecule has 0 spiro atoms. The molecule has 0 aliphatic carbocycles. The van der Waals surface area contributed by atoms with Gasteiger partial charge in [-0.05, 0) is 59.3 Å². The van der Waals surface area contributed by atoms with Crippen LogP contribution in [0.1, 0.15) is 0 Å². The average Bonchev–Trinajstić information content (AvgIpc) is 3.90. The third-order valence-corrected chi connectivity index (χ3v) is 10.6. The van der Waals surface area contributed by atoms with Gasteiger partial charge >= 0.3 is 0 Å². The van der Waals surface area contributed by atoms with Gasteiger partial charge in [-0.25, -0.2) is 9.97 Å². The Morgan fingerprint density at radius 1 is 0.391 bits per heavy atom. The van der Waals surface area contributed by atoms with Gasteiger partial charge in [0.2, 0.25) is 0 Å². The first-order valence-corrected chi connectivity index (χ1v) is 16.7. The lowest BCUT2D eigenvalue weighted by atomic mass is 10.1. The molecule has 0 saturated heterocycles. The van der Waals surface area contributed by atoms with E-state index in [1.807, 2.05) is 36.4 Å². The van der Waals surface area contributed by atoms with Gasteiger partial charge in [0.05, 0.1) is 20.4 Å². The lowest BCUT2D eigenvalue weighted by Gasteiger charge is -1.97. The largest absolute Gasteiger partial charge is 0.456 e. The molecule has 0 bridgehead atoms. The van der Waals surface area contributed by atoms with Gasteiger partial charge in [-0.3, -0.25) is 0 Å². The van der Waals surface area contributed by atoms with Crippen LogP contribution in [0.2, 0.25) is 0 Å². The maximum atomic E-state index is 6.24. The van der Waals surface area contributed by atoms with Gasteiger partial charge in [-0.2, -0.15) is 0 Å². The van der Waals surface area contributed by atoms with Crippen molar-refractivity contribution in [3.05, 3.63) is 133 Å². The molecule has 4 nitrogen and oxygen atoms in total. The van der Waals surface area contributed by atoms with Crippen molar-refractivity contribution in [1.82, 2.24) is 9.97 Å². The number of rotatable bonds is 4. The van der Waals surface area contributed by atoms with Crippen molar-refractivity contribution in [1.29, 1.82) is 0 Å². The number of furan rings is 2. The van der Waals surface area contributed by atoms with Crippen molar-refractivity contribution in [3.8, 4) is 43.8 Å². The molecule has 6 aromatic carbocycles. The molecule has 0 N–H and O–H groups in total. The van der Waals surface area contributed by atoms with Gasteiger partial charge < -0.3 is 8.83 Å². The van der Waals surface area contributed by atoms with Crippen LogP contribution in [-0.4, -0.2) is 9.97 Å². The maximum Gasteiger partial charge on any atom is 0.135 e. The molecule has 0 aliphatic heterocycles. The van der Waals surface area contributed by atoms with E-state index in [-0.39, 0.29) is 0 Å². The molecule has 46 heavy (non-hydrogen) atoms. The Morgan fingerprint density at radius 2 is 0.848 bits per heavy atom. The van der Waals surface area contributed by atoms with Crippen molar-refractivity contribution in [2.45, 2.75) is 0 Å². The lowest BCUT2D eigenvalue weighted by molar-refractivity contribution is 0.631. The van der Waals surface area contributed by atoms with Crippen LogP contribution in [0.5, 0.6) is 0 Å². The van der Waals surface area contributed by atoms with Crippen LogP contribution < -0.4 is 0 Å². The molecule has 0 fully saturated rings. The normalized spacial score (nSPS) is 11.9. The Labute approximate surface area is 270 Å². The van der Waals surface area contributed by atoms with E-state index in [2.05, 4.69) is 97.1 Å². The molecule has 10 aromatic rings. The lowest BCUT2D eigenvalue weighted by Crippen LogP contribution is -1.77. The highest BCUT2D eigenvalue weighted by atomic mass is 32.1. The summed E-state index contributed by atoms with van der Waals surface area (Å²) >= 11 is 3.41. The minimum Gasteiger partial charge on any atom is -0.456 e. The van der Waals surface area contributed by atoms with Gasteiger partial charge in [-0.15, -0.1) is 22.7 Å². The summed E-state index contributed by atoms with van der Waals surface area (Å²) in [5.74, 6) is 1.75. The Bertz CT molecular complexity index is 2490. The number of aromatic nitrogens is 2. The zero-order chi connectivity index (χ0) is 30.2. The molecule has 0 aliphatic rings. The summed E-state index contributed by atoms with van der Waals surface area (Å²) in [6.45, 7) is 0. The first kappa shape index (κ1) is 25.7. The number of benzene rings is 6. The summed E-state index contributed by atoms with van der Waals surface area (Å²) in [6.07, 6.45) is 0. The molecule has 10 rings (SSSR count). The minimum atomic E-state index is 0.866. The predicted octanol–water partition coefficient (Wildman–Crippen LogP) is 12.2. The summed E-state index contributed by atoms with van der Waals surface area (Å²) in [4.78, 5) is 10.1. The van der Waals surface area contributed by atoms with Crippen LogP contribution in [0.4, 0.5) is 0 Å². The van der Waals surface area contributed by atoms with Crippen LogP contribution in [0, 0.1) is 0 Å². The molecule has 0 saturated carbocycles. The van der Waals surface area contributed by atoms with E-state index in [0.29, 0.717) is 0 Å². The number of thiazole rings is 2. The van der Waals surface area contributed by atoms with E-state index in [1.54, 1.807) is 22.7 Å². The average molecular weight is 627 g/mol. The topological polar surface area (TPSA) is 52.1 Å². The van der Waals surface area contributed by atoms with Gasteiger partial charge in [0, 0.05) is 33.0 Å². The van der Waals surface area contributed by atoms with E-state index in [0.717, 1.165) is 96.9 Å². The van der Waals surface area contributed by atoms with E-state index in [9.17, 15) is 0 Å². The van der Waals surface area contributed by atoms with Gasteiger partial charge in [-0.1, -0.05) is 84.9 Å². The quantitative estimate of drug-likeness (QED) is 0.195. The summed E-state index contributed by atoms with van der Waals surface area (Å²) in [5, 5.41) is 6.46. The van der Waals surface area contributed by atoms with E-state index < -0.39 is 0 Å². The second-order valence-electron chi connectivity index (χ2n) is 11.5. The molecule has 0 radical (unpaired) electrons. The Morgan fingerprint density at radius 3 is 1.30 bits per heavy atom. The summed E-state index contributed by atoms with van der Waals surface area (Å²) < 4.78 is 14.8. The van der Waals surface area contributed by atoms with Crippen LogP contribution in [0.15, 0.2) is 142 Å². The standard InChI is InChI=1S/C40H22N2O2S2/c1-3-7-23(8-4-1)33-17-25-11-13-27(19-35(25)43-33)39-41-31-15-29-22-38-32(16-30(29)21-37(31)45-39)42-40(46-38)28-14-12-26-18-34(44-36(26)20-28)24-9-5-2-6-10-24/h1-22H. The van der Waals surface area contributed by atoms with Crippen LogP contribution >= 0.6 is 22.7 Å². The fraction of sp³-hybridized carbons (Fsp3) is 0. The minimum absolute atomic E-state index is 0.866. The maximum absolute atomic E-state index is 6.24. The second kappa shape index (κ2) is 9.97. The zero-order valence-electron chi connectivity index (χ0n) is 24.2.